The number of furan rings is 1. The fourth-order valence-corrected chi connectivity index (χ4v) is 8.66. The molecule has 0 saturated heterocycles. The average molecular weight is 554 g/mol. The second kappa shape index (κ2) is 8.28. The van der Waals surface area contributed by atoms with Crippen LogP contribution in [0.25, 0.3) is 64.6 Å². The summed E-state index contributed by atoms with van der Waals surface area (Å²) in [7, 11) is 0. The van der Waals surface area contributed by atoms with Crippen LogP contribution in [0.3, 0.4) is 0 Å². The van der Waals surface area contributed by atoms with Gasteiger partial charge < -0.3 is 4.42 Å². The van der Waals surface area contributed by atoms with Gasteiger partial charge in [-0.2, -0.15) is 0 Å². The highest BCUT2D eigenvalue weighted by Gasteiger charge is 2.40. The number of pyridine rings is 1. The molecule has 2 atom stereocenters. The summed E-state index contributed by atoms with van der Waals surface area (Å²) in [6.07, 6.45) is 11.6. The van der Waals surface area contributed by atoms with Crippen LogP contribution in [0.5, 0.6) is 0 Å². The molecule has 3 aromatic heterocycles. The molecular weight excluding hydrogens is 531 g/mol. The van der Waals surface area contributed by atoms with Crippen LogP contribution in [-0.4, -0.2) is 4.98 Å². The van der Waals surface area contributed by atoms with Gasteiger partial charge in [0.2, 0.25) is 0 Å². The van der Waals surface area contributed by atoms with E-state index >= 15 is 0 Å². The van der Waals surface area contributed by atoms with Crippen molar-refractivity contribution in [3.05, 3.63) is 150 Å². The number of para-hydroxylation sites is 1. The summed E-state index contributed by atoms with van der Waals surface area (Å²) in [6.45, 7) is 0. The quantitative estimate of drug-likeness (QED) is 0.213. The van der Waals surface area contributed by atoms with E-state index < -0.39 is 0 Å². The Morgan fingerprint density at radius 2 is 1.50 bits per heavy atom. The van der Waals surface area contributed by atoms with E-state index in [0.29, 0.717) is 11.8 Å². The van der Waals surface area contributed by atoms with Gasteiger partial charge in [0.05, 0.1) is 10.2 Å². The normalized spacial score (nSPS) is 18.8. The number of allylic oxidation sites excluding steroid dienone is 8. The molecule has 0 radical (unpaired) electrons. The van der Waals surface area contributed by atoms with Crippen molar-refractivity contribution in [3.63, 3.8) is 0 Å². The van der Waals surface area contributed by atoms with Crippen LogP contribution in [-0.2, 0) is 0 Å². The lowest BCUT2D eigenvalue weighted by molar-refractivity contribution is 0.670. The van der Waals surface area contributed by atoms with E-state index in [0.717, 1.165) is 38.7 Å². The molecule has 3 heteroatoms. The van der Waals surface area contributed by atoms with Gasteiger partial charge in [-0.05, 0) is 57.2 Å². The number of aromatic nitrogens is 1. The molecule has 0 amide bonds. The van der Waals surface area contributed by atoms with Crippen LogP contribution in [0.2, 0.25) is 0 Å². The first-order chi connectivity index (χ1) is 20.8. The molecule has 0 saturated carbocycles. The summed E-state index contributed by atoms with van der Waals surface area (Å²) in [5, 5.41) is 2.25. The van der Waals surface area contributed by atoms with Crippen molar-refractivity contribution in [1.82, 2.24) is 4.98 Å². The molecule has 0 aliphatic heterocycles. The summed E-state index contributed by atoms with van der Waals surface area (Å²) in [5.74, 6) is 0.801. The Balaban J connectivity index is 1.16. The SMILES string of the molecule is C1=CC2=C(c3ccc(-c4c5oc6ccccc6c5nc5c4sc4ccccc45)cc3)C=CC3c4ccccc4C(=C1)C23. The topological polar surface area (TPSA) is 26.0 Å². The van der Waals surface area contributed by atoms with E-state index in [-0.39, 0.29) is 0 Å². The number of fused-ring (bicyclic) bond motifs is 9. The van der Waals surface area contributed by atoms with Crippen LogP contribution >= 0.6 is 11.3 Å². The van der Waals surface area contributed by atoms with Crippen LogP contribution in [0.4, 0.5) is 0 Å². The summed E-state index contributed by atoms with van der Waals surface area (Å²) in [6, 6.07) is 34.8. The second-order valence-electron chi connectivity index (χ2n) is 11.4. The molecule has 0 spiro atoms. The Morgan fingerprint density at radius 3 is 2.43 bits per heavy atom. The zero-order valence-corrected chi connectivity index (χ0v) is 23.4. The van der Waals surface area contributed by atoms with Gasteiger partial charge in [-0.25, -0.2) is 4.98 Å². The highest BCUT2D eigenvalue weighted by molar-refractivity contribution is 7.26. The minimum Gasteiger partial charge on any atom is -0.454 e. The van der Waals surface area contributed by atoms with Crippen molar-refractivity contribution >= 4 is 64.9 Å². The molecular formula is C39H23NOS. The third-order valence-corrected chi connectivity index (χ3v) is 10.5. The molecule has 3 heterocycles. The van der Waals surface area contributed by atoms with E-state index in [1.807, 2.05) is 12.1 Å². The van der Waals surface area contributed by atoms with E-state index in [4.69, 9.17) is 9.40 Å². The summed E-state index contributed by atoms with van der Waals surface area (Å²) < 4.78 is 8.95. The van der Waals surface area contributed by atoms with Crippen molar-refractivity contribution in [2.45, 2.75) is 5.92 Å². The van der Waals surface area contributed by atoms with Gasteiger partial charge in [0.25, 0.3) is 0 Å². The summed E-state index contributed by atoms with van der Waals surface area (Å²) in [4.78, 5) is 5.20. The zero-order chi connectivity index (χ0) is 27.4. The monoisotopic (exact) mass is 553 g/mol. The van der Waals surface area contributed by atoms with Crippen molar-refractivity contribution in [3.8, 4) is 11.1 Å². The van der Waals surface area contributed by atoms with E-state index in [1.165, 1.54) is 48.2 Å². The Morgan fingerprint density at radius 1 is 0.714 bits per heavy atom. The van der Waals surface area contributed by atoms with Crippen molar-refractivity contribution in [1.29, 1.82) is 0 Å². The van der Waals surface area contributed by atoms with Gasteiger partial charge in [0, 0.05) is 32.9 Å². The predicted octanol–water partition coefficient (Wildman–Crippen LogP) is 10.7. The number of thiophene rings is 1. The highest BCUT2D eigenvalue weighted by Crippen LogP contribution is 2.55. The third kappa shape index (κ3) is 2.96. The molecule has 196 valence electrons. The third-order valence-electron chi connectivity index (χ3n) is 9.29. The Hall–Kier alpha value is -4.99. The van der Waals surface area contributed by atoms with E-state index in [1.54, 1.807) is 11.3 Å². The van der Waals surface area contributed by atoms with Gasteiger partial charge in [-0.1, -0.05) is 109 Å². The highest BCUT2D eigenvalue weighted by atomic mass is 32.1. The number of nitrogens with zero attached hydrogens (tertiary/aromatic N) is 1. The fourth-order valence-electron chi connectivity index (χ4n) is 7.45. The van der Waals surface area contributed by atoms with Gasteiger partial charge in [0.1, 0.15) is 11.1 Å². The Kier molecular flexibility index (Phi) is 4.47. The van der Waals surface area contributed by atoms with Crippen LogP contribution in [0, 0.1) is 5.92 Å². The first kappa shape index (κ1) is 22.7. The van der Waals surface area contributed by atoms with Crippen molar-refractivity contribution < 1.29 is 4.42 Å². The van der Waals surface area contributed by atoms with Gasteiger partial charge in [0.15, 0.2) is 5.58 Å². The lowest BCUT2D eigenvalue weighted by atomic mass is 9.74. The molecule has 2 nitrogen and oxygen atoms in total. The van der Waals surface area contributed by atoms with Gasteiger partial charge in [-0.3, -0.25) is 0 Å². The molecule has 3 aliphatic rings. The maximum atomic E-state index is 6.53. The molecule has 10 rings (SSSR count). The average Bonchev–Trinajstić information content (AvgIpc) is 3.71. The van der Waals surface area contributed by atoms with Crippen molar-refractivity contribution in [2.24, 2.45) is 5.92 Å². The minimum atomic E-state index is 0.389. The van der Waals surface area contributed by atoms with Gasteiger partial charge in [-0.15, -0.1) is 11.3 Å². The first-order valence-corrected chi connectivity index (χ1v) is 15.3. The molecule has 3 aliphatic carbocycles. The molecule has 7 aromatic rings. The second-order valence-corrected chi connectivity index (χ2v) is 12.5. The van der Waals surface area contributed by atoms with Gasteiger partial charge >= 0.3 is 0 Å². The Bertz CT molecular complexity index is 2320. The standard InChI is InChI=1S/C39H23NOS/c1-2-9-26-25(8-1)28-13-7-12-27-24(20-21-29(26)35(27)28)22-16-18-23(19-17-22)34-38-36(30-10-3-5-14-32(30)41-38)40-37-31-11-4-6-15-33(31)42-39(34)37/h1-21,29,35H. The van der Waals surface area contributed by atoms with E-state index in [9.17, 15) is 0 Å². The van der Waals surface area contributed by atoms with E-state index in [2.05, 4.69) is 115 Å². The molecule has 0 N–H and O–H groups in total. The van der Waals surface area contributed by atoms with Crippen LogP contribution in [0.15, 0.2) is 137 Å². The summed E-state index contributed by atoms with van der Waals surface area (Å²) in [5.41, 5.74) is 14.3. The maximum absolute atomic E-state index is 6.53. The number of rotatable bonds is 2. The Labute approximate surface area is 246 Å². The first-order valence-electron chi connectivity index (χ1n) is 14.5. The zero-order valence-electron chi connectivity index (χ0n) is 22.5. The molecule has 4 aromatic carbocycles. The molecule has 2 unspecified atom stereocenters. The minimum absolute atomic E-state index is 0.389. The van der Waals surface area contributed by atoms with Crippen LogP contribution < -0.4 is 0 Å². The maximum Gasteiger partial charge on any atom is 0.163 e. The number of hydrogen-bond donors (Lipinski definition) is 0. The number of benzene rings is 4. The van der Waals surface area contributed by atoms with Crippen LogP contribution in [0.1, 0.15) is 22.6 Å². The summed E-state index contributed by atoms with van der Waals surface area (Å²) >= 11 is 1.80. The fraction of sp³-hybridized carbons (Fsp3) is 0.0513. The smallest absolute Gasteiger partial charge is 0.163 e. The predicted molar refractivity (Wildman–Crippen MR) is 176 cm³/mol. The number of hydrogen-bond acceptors (Lipinski definition) is 3. The molecule has 0 fully saturated rings. The molecule has 42 heavy (non-hydrogen) atoms. The lowest BCUT2D eigenvalue weighted by Crippen LogP contribution is -2.14. The molecule has 0 bridgehead atoms. The van der Waals surface area contributed by atoms with Crippen molar-refractivity contribution in [2.75, 3.05) is 0 Å². The largest absolute Gasteiger partial charge is 0.454 e. The lowest BCUT2D eigenvalue weighted by Gasteiger charge is -2.29.